The molecule has 0 saturated heterocycles. The van der Waals surface area contributed by atoms with Gasteiger partial charge in [0, 0.05) is 12.0 Å². The van der Waals surface area contributed by atoms with Crippen LogP contribution >= 0.6 is 0 Å². The summed E-state index contributed by atoms with van der Waals surface area (Å²) in [6.45, 7) is 0. The first-order valence-corrected chi connectivity index (χ1v) is 6.16. The first-order chi connectivity index (χ1) is 8.84. The Labute approximate surface area is 106 Å². The molecule has 1 saturated carbocycles. The lowest BCUT2D eigenvalue weighted by molar-refractivity contribution is -0.377. The minimum absolute atomic E-state index is 0.114. The molecule has 1 amide bonds. The van der Waals surface area contributed by atoms with Crippen molar-refractivity contribution in [1.82, 2.24) is 0 Å². The van der Waals surface area contributed by atoms with Gasteiger partial charge >= 0.3 is 0 Å². The van der Waals surface area contributed by atoms with E-state index in [-0.39, 0.29) is 11.8 Å². The van der Waals surface area contributed by atoms with Crippen molar-refractivity contribution in [2.24, 2.45) is 5.92 Å². The Kier molecular flexibility index (Phi) is 2.81. The largest absolute Gasteiger partial charge is 0.321 e. The van der Waals surface area contributed by atoms with Crippen LogP contribution in [0.5, 0.6) is 0 Å². The average Bonchev–Trinajstić information content (AvgIpc) is 3.21. The molecule has 90 valence electrons. The number of benzene rings is 1. The van der Waals surface area contributed by atoms with Crippen LogP contribution < -0.4 is 10.3 Å². The molecule has 2 unspecified atom stereocenters. The van der Waals surface area contributed by atoms with Crippen LogP contribution in [0.25, 0.3) is 0 Å². The monoisotopic (exact) mass is 239 g/mol. The number of aromatic nitrogens is 1. The Balaban J connectivity index is 1.63. The summed E-state index contributed by atoms with van der Waals surface area (Å²) in [5, 5.41) is 2.93. The fourth-order valence-corrected chi connectivity index (χ4v) is 2.26. The lowest BCUT2D eigenvalue weighted by Crippen LogP contribution is -2.16. The Bertz CT molecular complexity index is 539. The zero-order valence-electron chi connectivity index (χ0n) is 9.97. The zero-order chi connectivity index (χ0) is 12.4. The molecular weight excluding hydrogens is 224 g/mol. The van der Waals surface area contributed by atoms with Crippen molar-refractivity contribution in [2.75, 3.05) is 5.32 Å². The number of pyridine rings is 1. The summed E-state index contributed by atoms with van der Waals surface area (Å²) in [6, 6.07) is 14.0. The first kappa shape index (κ1) is 11.0. The first-order valence-electron chi connectivity index (χ1n) is 6.16. The van der Waals surface area contributed by atoms with Crippen molar-refractivity contribution < 1.29 is 9.78 Å². The maximum atomic E-state index is 12.0. The highest BCUT2D eigenvalue weighted by Gasteiger charge is 2.43. The molecule has 1 aliphatic carbocycles. The number of hydrogen-bond donors (Lipinski definition) is 1. The second kappa shape index (κ2) is 4.61. The van der Waals surface area contributed by atoms with Gasteiger partial charge in [-0.3, -0.25) is 4.79 Å². The van der Waals surface area contributed by atoms with Crippen LogP contribution in [0.15, 0.2) is 54.9 Å². The summed E-state index contributed by atoms with van der Waals surface area (Å²) < 4.78 is 0. The number of H-pyrrole nitrogens is 1. The molecule has 0 aliphatic heterocycles. The Morgan fingerprint density at radius 2 is 2.00 bits per heavy atom. The average molecular weight is 239 g/mol. The summed E-state index contributed by atoms with van der Waals surface area (Å²) >= 11 is 0. The maximum Gasteiger partial charge on any atom is 0.228 e. The minimum Gasteiger partial charge on any atom is -0.321 e. The Hall–Kier alpha value is -2.16. The molecule has 0 bridgehead atoms. The summed E-state index contributed by atoms with van der Waals surface area (Å²) in [4.78, 5) is 15.0. The Morgan fingerprint density at radius 1 is 1.17 bits per heavy atom. The molecule has 1 aliphatic rings. The van der Waals surface area contributed by atoms with E-state index in [0.717, 1.165) is 12.1 Å². The SMILES string of the molecule is O=C(Nc1ccc[nH+]c1)C1CC1c1ccccc1. The van der Waals surface area contributed by atoms with Crippen molar-refractivity contribution in [3.8, 4) is 0 Å². The number of carbonyl (C=O) groups excluding carboxylic acids is 1. The highest BCUT2D eigenvalue weighted by atomic mass is 16.2. The zero-order valence-corrected chi connectivity index (χ0v) is 9.97. The number of rotatable bonds is 3. The van der Waals surface area contributed by atoms with Crippen LogP contribution in [0.2, 0.25) is 0 Å². The van der Waals surface area contributed by atoms with Gasteiger partial charge in [-0.25, -0.2) is 4.98 Å². The van der Waals surface area contributed by atoms with E-state index >= 15 is 0 Å². The third-order valence-corrected chi connectivity index (χ3v) is 3.33. The van der Waals surface area contributed by atoms with E-state index < -0.39 is 0 Å². The molecule has 0 spiro atoms. The molecule has 3 heteroatoms. The molecule has 3 rings (SSSR count). The second-order valence-corrected chi connectivity index (χ2v) is 4.64. The van der Waals surface area contributed by atoms with E-state index in [1.165, 1.54) is 5.56 Å². The Morgan fingerprint density at radius 3 is 2.72 bits per heavy atom. The summed E-state index contributed by atoms with van der Waals surface area (Å²) in [5.74, 6) is 0.620. The van der Waals surface area contributed by atoms with E-state index in [0.29, 0.717) is 5.92 Å². The van der Waals surface area contributed by atoms with E-state index in [9.17, 15) is 4.79 Å². The number of nitrogens with one attached hydrogen (secondary N) is 2. The molecule has 1 heterocycles. The number of amides is 1. The smallest absolute Gasteiger partial charge is 0.228 e. The van der Waals surface area contributed by atoms with Gasteiger partial charge in [-0.2, -0.15) is 0 Å². The third-order valence-electron chi connectivity index (χ3n) is 3.33. The predicted molar refractivity (Wildman–Crippen MR) is 68.9 cm³/mol. The van der Waals surface area contributed by atoms with Gasteiger partial charge in [-0.05, 0) is 24.0 Å². The van der Waals surface area contributed by atoms with Crippen molar-refractivity contribution in [3.63, 3.8) is 0 Å². The second-order valence-electron chi connectivity index (χ2n) is 4.64. The summed E-state index contributed by atoms with van der Waals surface area (Å²) in [7, 11) is 0. The van der Waals surface area contributed by atoms with Crippen LogP contribution in [-0.4, -0.2) is 5.91 Å². The molecule has 18 heavy (non-hydrogen) atoms. The van der Waals surface area contributed by atoms with Gasteiger partial charge in [0.25, 0.3) is 0 Å². The van der Waals surface area contributed by atoms with E-state index in [4.69, 9.17) is 0 Å². The van der Waals surface area contributed by atoms with Gasteiger partial charge in [0.05, 0.1) is 0 Å². The number of hydrogen-bond acceptors (Lipinski definition) is 1. The highest BCUT2D eigenvalue weighted by molar-refractivity contribution is 5.94. The predicted octanol–water partition coefficient (Wildman–Crippen LogP) is 2.24. The summed E-state index contributed by atoms with van der Waals surface area (Å²) in [6.07, 6.45) is 4.56. The maximum absolute atomic E-state index is 12.0. The van der Waals surface area contributed by atoms with Crippen molar-refractivity contribution in [2.45, 2.75) is 12.3 Å². The normalized spacial score (nSPS) is 21.3. The molecule has 1 fully saturated rings. The standard InChI is InChI=1S/C15H14N2O/c18-15(17-12-7-4-8-16-10-12)14-9-13(14)11-5-2-1-3-6-11/h1-8,10,13-14H,9H2,(H,17,18)/p+1. The van der Waals surface area contributed by atoms with Gasteiger partial charge in [-0.1, -0.05) is 30.3 Å². The van der Waals surface area contributed by atoms with Crippen LogP contribution in [0.3, 0.4) is 0 Å². The van der Waals surface area contributed by atoms with Gasteiger partial charge in [0.2, 0.25) is 5.91 Å². The van der Waals surface area contributed by atoms with E-state index in [1.54, 1.807) is 6.20 Å². The van der Waals surface area contributed by atoms with Crippen molar-refractivity contribution in [3.05, 3.63) is 60.4 Å². The molecule has 2 aromatic rings. The van der Waals surface area contributed by atoms with Crippen LogP contribution in [-0.2, 0) is 4.79 Å². The van der Waals surface area contributed by atoms with Crippen LogP contribution in [0.4, 0.5) is 5.69 Å². The van der Waals surface area contributed by atoms with Crippen LogP contribution in [0.1, 0.15) is 17.9 Å². The fourth-order valence-electron chi connectivity index (χ4n) is 2.26. The third kappa shape index (κ3) is 2.25. The number of carbonyl (C=O) groups is 1. The van der Waals surface area contributed by atoms with Gasteiger partial charge in [0.1, 0.15) is 5.69 Å². The molecule has 3 nitrogen and oxygen atoms in total. The lowest BCUT2D eigenvalue weighted by Gasteiger charge is -2.02. The van der Waals surface area contributed by atoms with Crippen LogP contribution in [0, 0.1) is 5.92 Å². The summed E-state index contributed by atoms with van der Waals surface area (Å²) in [5.41, 5.74) is 2.08. The molecule has 1 aromatic heterocycles. The number of anilines is 1. The van der Waals surface area contributed by atoms with Crippen molar-refractivity contribution in [1.29, 1.82) is 0 Å². The topological polar surface area (TPSA) is 43.2 Å². The highest BCUT2D eigenvalue weighted by Crippen LogP contribution is 2.47. The molecule has 0 radical (unpaired) electrons. The lowest BCUT2D eigenvalue weighted by atomic mass is 10.1. The van der Waals surface area contributed by atoms with E-state index in [1.807, 2.05) is 36.5 Å². The van der Waals surface area contributed by atoms with Gasteiger partial charge < -0.3 is 5.32 Å². The van der Waals surface area contributed by atoms with E-state index in [2.05, 4.69) is 22.4 Å². The number of aromatic amines is 1. The van der Waals surface area contributed by atoms with Gasteiger partial charge in [-0.15, -0.1) is 0 Å². The van der Waals surface area contributed by atoms with Crippen molar-refractivity contribution >= 4 is 11.6 Å². The molecule has 1 aromatic carbocycles. The van der Waals surface area contributed by atoms with Gasteiger partial charge in [0.15, 0.2) is 12.4 Å². The molecular formula is C15H15N2O+. The molecule has 2 N–H and O–H groups in total. The minimum atomic E-state index is 0.114. The molecule has 2 atom stereocenters. The fraction of sp³-hybridized carbons (Fsp3) is 0.200. The quantitative estimate of drug-likeness (QED) is 0.877.